The van der Waals surface area contributed by atoms with Crippen LogP contribution in [0.3, 0.4) is 0 Å². The number of urea groups is 1. The number of benzene rings is 2. The first kappa shape index (κ1) is 21.6. The van der Waals surface area contributed by atoms with E-state index in [0.717, 1.165) is 0 Å². The summed E-state index contributed by atoms with van der Waals surface area (Å²) in [6.07, 6.45) is 0.466. The highest BCUT2D eigenvalue weighted by molar-refractivity contribution is 7.91. The summed E-state index contributed by atoms with van der Waals surface area (Å²) < 4.78 is 23.4. The third-order valence-electron chi connectivity index (χ3n) is 5.01. The molecule has 30 heavy (non-hydrogen) atoms. The molecule has 0 radical (unpaired) electrons. The molecule has 2 aromatic rings. The van der Waals surface area contributed by atoms with Gasteiger partial charge in [-0.3, -0.25) is 4.79 Å². The summed E-state index contributed by atoms with van der Waals surface area (Å²) in [6.45, 7) is 1.73. The Bertz CT molecular complexity index is 1010. The topological polar surface area (TPSA) is 108 Å². The lowest BCUT2D eigenvalue weighted by molar-refractivity contribution is -0.132. The number of hydrogen-bond donors (Lipinski definition) is 3. The van der Waals surface area contributed by atoms with Gasteiger partial charge in [0.15, 0.2) is 9.84 Å². The summed E-state index contributed by atoms with van der Waals surface area (Å²) >= 11 is 0. The number of sulfone groups is 1. The van der Waals surface area contributed by atoms with E-state index >= 15 is 0 Å². The molecule has 1 fully saturated rings. The van der Waals surface area contributed by atoms with Crippen molar-refractivity contribution in [3.63, 3.8) is 0 Å². The number of hydrogen-bond acceptors (Lipinski definition) is 5. The molecule has 0 aliphatic carbocycles. The lowest BCUT2D eigenvalue weighted by atomic mass is 10.2. The van der Waals surface area contributed by atoms with Gasteiger partial charge in [0, 0.05) is 30.2 Å². The minimum Gasteiger partial charge on any atom is -0.374 e. The Labute approximate surface area is 176 Å². The van der Waals surface area contributed by atoms with Crippen molar-refractivity contribution in [2.45, 2.75) is 25.4 Å². The van der Waals surface area contributed by atoms with Crippen molar-refractivity contribution >= 4 is 38.8 Å². The predicted molar refractivity (Wildman–Crippen MR) is 118 cm³/mol. The molecular weight excluding hydrogens is 404 g/mol. The average molecular weight is 431 g/mol. The molecule has 160 valence electrons. The zero-order valence-electron chi connectivity index (χ0n) is 17.0. The third-order valence-corrected chi connectivity index (χ3v) is 6.76. The molecule has 0 saturated carbocycles. The van der Waals surface area contributed by atoms with Crippen LogP contribution < -0.4 is 16.0 Å². The fourth-order valence-corrected chi connectivity index (χ4v) is 5.15. The Balaban J connectivity index is 1.57. The maximum absolute atomic E-state index is 12.7. The predicted octanol–water partition coefficient (Wildman–Crippen LogP) is 2.78. The summed E-state index contributed by atoms with van der Waals surface area (Å²) in [7, 11) is -1.42. The van der Waals surface area contributed by atoms with Crippen LogP contribution in [0.15, 0.2) is 54.6 Å². The number of nitrogens with zero attached hydrogens (tertiary/aromatic N) is 1. The molecule has 1 aliphatic heterocycles. The molecule has 0 aromatic heterocycles. The quantitative estimate of drug-likeness (QED) is 0.653. The fraction of sp³-hybridized carbons (Fsp3) is 0.333. The maximum atomic E-state index is 12.7. The number of amides is 3. The van der Waals surface area contributed by atoms with Crippen molar-refractivity contribution < 1.29 is 18.0 Å². The van der Waals surface area contributed by atoms with Gasteiger partial charge in [-0.2, -0.15) is 0 Å². The molecule has 3 amide bonds. The Morgan fingerprint density at radius 3 is 2.30 bits per heavy atom. The summed E-state index contributed by atoms with van der Waals surface area (Å²) in [4.78, 5) is 26.4. The van der Waals surface area contributed by atoms with Crippen molar-refractivity contribution in [2.75, 3.05) is 34.5 Å². The Hall–Kier alpha value is -3.07. The SMILES string of the molecule is C[C@@H](Nc1cccc(NC(=O)Nc2ccccc2)c1)C(=O)N(C)[C@@H]1CCS(=O)(=O)C1. The molecule has 2 atom stereocenters. The summed E-state index contributed by atoms with van der Waals surface area (Å²) in [5.41, 5.74) is 1.92. The maximum Gasteiger partial charge on any atom is 0.323 e. The van der Waals surface area contributed by atoms with E-state index in [0.29, 0.717) is 23.5 Å². The second-order valence-electron chi connectivity index (χ2n) is 7.40. The molecule has 3 N–H and O–H groups in total. The minimum atomic E-state index is -3.06. The summed E-state index contributed by atoms with van der Waals surface area (Å²) in [5.74, 6) is -0.0504. The van der Waals surface area contributed by atoms with Crippen LogP contribution >= 0.6 is 0 Å². The van der Waals surface area contributed by atoms with E-state index in [9.17, 15) is 18.0 Å². The minimum absolute atomic E-state index is 0.0118. The lowest BCUT2D eigenvalue weighted by Gasteiger charge is -2.27. The molecule has 1 saturated heterocycles. The van der Waals surface area contributed by atoms with Gasteiger partial charge < -0.3 is 20.9 Å². The second kappa shape index (κ2) is 9.17. The highest BCUT2D eigenvalue weighted by Crippen LogP contribution is 2.20. The zero-order valence-corrected chi connectivity index (χ0v) is 17.8. The van der Waals surface area contributed by atoms with E-state index in [1.807, 2.05) is 18.2 Å². The second-order valence-corrected chi connectivity index (χ2v) is 9.63. The van der Waals surface area contributed by atoms with Crippen LogP contribution in [0, 0.1) is 0 Å². The Kier molecular flexibility index (Phi) is 6.61. The van der Waals surface area contributed by atoms with Gasteiger partial charge in [-0.25, -0.2) is 13.2 Å². The monoisotopic (exact) mass is 430 g/mol. The lowest BCUT2D eigenvalue weighted by Crippen LogP contribution is -2.45. The van der Waals surface area contributed by atoms with Gasteiger partial charge >= 0.3 is 6.03 Å². The van der Waals surface area contributed by atoms with Crippen molar-refractivity contribution in [2.24, 2.45) is 0 Å². The van der Waals surface area contributed by atoms with E-state index in [2.05, 4.69) is 16.0 Å². The molecule has 0 bridgehead atoms. The van der Waals surface area contributed by atoms with Gasteiger partial charge in [-0.05, 0) is 43.7 Å². The number of anilines is 3. The number of nitrogens with one attached hydrogen (secondary N) is 3. The average Bonchev–Trinajstić information content (AvgIpc) is 3.07. The molecule has 9 heteroatoms. The first-order valence-corrected chi connectivity index (χ1v) is 11.5. The highest BCUT2D eigenvalue weighted by atomic mass is 32.2. The molecule has 8 nitrogen and oxygen atoms in total. The molecule has 2 aromatic carbocycles. The standard InChI is InChI=1S/C21H26N4O4S/c1-15(20(26)25(2)19-11-12-30(28,29)14-19)22-17-9-6-10-18(13-17)24-21(27)23-16-7-4-3-5-8-16/h3-10,13,15,19,22H,11-12,14H2,1-2H3,(H2,23,24,27)/t15-,19-/m1/s1. The largest absolute Gasteiger partial charge is 0.374 e. The van der Waals surface area contributed by atoms with Gasteiger partial charge in [0.1, 0.15) is 6.04 Å². The van der Waals surface area contributed by atoms with E-state index in [1.165, 1.54) is 4.90 Å². The first-order chi connectivity index (χ1) is 14.2. The summed E-state index contributed by atoms with van der Waals surface area (Å²) in [6, 6.07) is 14.9. The van der Waals surface area contributed by atoms with Crippen LogP contribution in [0.1, 0.15) is 13.3 Å². The first-order valence-electron chi connectivity index (χ1n) is 9.70. The summed E-state index contributed by atoms with van der Waals surface area (Å²) in [5, 5.41) is 8.62. The zero-order chi connectivity index (χ0) is 21.7. The van der Waals surface area contributed by atoms with Gasteiger partial charge in [0.05, 0.1) is 11.5 Å². The van der Waals surface area contributed by atoms with E-state index in [1.54, 1.807) is 50.4 Å². The number of carbonyl (C=O) groups is 2. The molecular formula is C21H26N4O4S. The van der Waals surface area contributed by atoms with Crippen molar-refractivity contribution in [1.29, 1.82) is 0 Å². The number of carbonyl (C=O) groups excluding carboxylic acids is 2. The number of rotatable bonds is 6. The third kappa shape index (κ3) is 5.73. The van der Waals surface area contributed by atoms with Crippen molar-refractivity contribution in [1.82, 2.24) is 4.90 Å². The van der Waals surface area contributed by atoms with Crippen molar-refractivity contribution in [3.8, 4) is 0 Å². The highest BCUT2D eigenvalue weighted by Gasteiger charge is 2.34. The van der Waals surface area contributed by atoms with Gasteiger partial charge in [0.2, 0.25) is 5.91 Å². The number of likely N-dealkylation sites (N-methyl/N-ethyl adjacent to an activating group) is 1. The fourth-order valence-electron chi connectivity index (χ4n) is 3.38. The molecule has 1 aliphatic rings. The van der Waals surface area contributed by atoms with Crippen LogP contribution in [0.5, 0.6) is 0 Å². The van der Waals surface area contributed by atoms with Crippen LogP contribution in [-0.4, -0.2) is 55.9 Å². The van der Waals surface area contributed by atoms with Gasteiger partial charge in [0.25, 0.3) is 0 Å². The molecule has 3 rings (SSSR count). The van der Waals surface area contributed by atoms with E-state index < -0.39 is 15.9 Å². The van der Waals surface area contributed by atoms with Gasteiger partial charge in [-0.15, -0.1) is 0 Å². The molecule has 0 spiro atoms. The van der Waals surface area contributed by atoms with E-state index in [4.69, 9.17) is 0 Å². The van der Waals surface area contributed by atoms with Gasteiger partial charge in [-0.1, -0.05) is 24.3 Å². The molecule has 1 heterocycles. The smallest absolute Gasteiger partial charge is 0.323 e. The van der Waals surface area contributed by atoms with Crippen LogP contribution in [0.4, 0.5) is 21.9 Å². The number of para-hydroxylation sites is 1. The Morgan fingerprint density at radius 2 is 1.63 bits per heavy atom. The van der Waals surface area contributed by atoms with E-state index in [-0.39, 0.29) is 29.5 Å². The van der Waals surface area contributed by atoms with Crippen LogP contribution in [-0.2, 0) is 14.6 Å². The van der Waals surface area contributed by atoms with Crippen LogP contribution in [0.2, 0.25) is 0 Å². The molecule has 0 unspecified atom stereocenters. The van der Waals surface area contributed by atoms with Crippen molar-refractivity contribution in [3.05, 3.63) is 54.6 Å². The normalized spacial score (nSPS) is 18.3. The Morgan fingerprint density at radius 1 is 1.00 bits per heavy atom. The van der Waals surface area contributed by atoms with Crippen LogP contribution in [0.25, 0.3) is 0 Å².